The minimum absolute atomic E-state index is 0.0694. The third-order valence-electron chi connectivity index (χ3n) is 1.96. The summed E-state index contributed by atoms with van der Waals surface area (Å²) in [6.07, 6.45) is 4.68. The van der Waals surface area contributed by atoms with Gasteiger partial charge in [0.25, 0.3) is 0 Å². The number of hydrogen-bond acceptors (Lipinski definition) is 3. The number of methoxy groups -OCH3 is 1. The predicted octanol–water partition coefficient (Wildman–Crippen LogP) is 0.343. The number of primary amides is 1. The second kappa shape index (κ2) is 4.45. The largest absolute Gasteiger partial charge is 0.496 e. The molecule has 0 aromatic rings. The molecule has 1 rings (SSSR count). The van der Waals surface area contributed by atoms with Crippen LogP contribution in [0.3, 0.4) is 0 Å². The molecule has 0 fully saturated rings. The predicted molar refractivity (Wildman–Crippen MR) is 52.7 cm³/mol. The molecule has 0 atom stereocenters. The fourth-order valence-corrected chi connectivity index (χ4v) is 1.20. The maximum absolute atomic E-state index is 10.9. The topological polar surface area (TPSA) is 89.6 Å². The molecule has 5 nitrogen and oxygen atoms in total. The maximum atomic E-state index is 10.9. The zero-order valence-corrected chi connectivity index (χ0v) is 8.19. The lowest BCUT2D eigenvalue weighted by atomic mass is 10.1. The standard InChI is InChI=1S/C10H11NO4/c1-15-8-4-2-3-6(9(11)12)5-7(8)10(13)14/h2,4-5H,3H2,1H3,(H2,11,12)(H,13,14). The Morgan fingerprint density at radius 2 is 2.20 bits per heavy atom. The second-order valence-corrected chi connectivity index (χ2v) is 2.93. The van der Waals surface area contributed by atoms with Gasteiger partial charge in [-0.25, -0.2) is 4.79 Å². The summed E-state index contributed by atoms with van der Waals surface area (Å²) in [7, 11) is 1.37. The molecule has 0 heterocycles. The van der Waals surface area contributed by atoms with Crippen LogP contribution in [-0.4, -0.2) is 24.1 Å². The first-order chi connectivity index (χ1) is 7.06. The van der Waals surface area contributed by atoms with Gasteiger partial charge in [-0.2, -0.15) is 0 Å². The van der Waals surface area contributed by atoms with Crippen LogP contribution >= 0.6 is 0 Å². The highest BCUT2D eigenvalue weighted by Crippen LogP contribution is 2.18. The van der Waals surface area contributed by atoms with Crippen LogP contribution in [0.15, 0.2) is 35.1 Å². The molecular formula is C10H11NO4. The van der Waals surface area contributed by atoms with Crippen molar-refractivity contribution in [2.45, 2.75) is 6.42 Å². The van der Waals surface area contributed by atoms with Gasteiger partial charge in [-0.05, 0) is 18.6 Å². The van der Waals surface area contributed by atoms with Crippen molar-refractivity contribution in [1.82, 2.24) is 0 Å². The molecule has 0 aromatic carbocycles. The monoisotopic (exact) mass is 209 g/mol. The van der Waals surface area contributed by atoms with E-state index >= 15 is 0 Å². The number of aliphatic carboxylic acids is 1. The first kappa shape index (κ1) is 11.0. The van der Waals surface area contributed by atoms with Crippen LogP contribution in [0.25, 0.3) is 0 Å². The lowest BCUT2D eigenvalue weighted by Gasteiger charge is -2.02. The first-order valence-corrected chi connectivity index (χ1v) is 4.24. The molecule has 5 heteroatoms. The molecule has 0 unspecified atom stereocenters. The smallest absolute Gasteiger partial charge is 0.339 e. The van der Waals surface area contributed by atoms with E-state index in [9.17, 15) is 9.59 Å². The Labute approximate surface area is 86.5 Å². The summed E-state index contributed by atoms with van der Waals surface area (Å²) in [5.74, 6) is -1.58. The van der Waals surface area contributed by atoms with E-state index in [-0.39, 0.29) is 16.9 Å². The molecule has 80 valence electrons. The van der Waals surface area contributed by atoms with Crippen molar-refractivity contribution in [2.24, 2.45) is 5.73 Å². The first-order valence-electron chi connectivity index (χ1n) is 4.24. The van der Waals surface area contributed by atoms with Gasteiger partial charge in [0.2, 0.25) is 5.91 Å². The summed E-state index contributed by atoms with van der Waals surface area (Å²) < 4.78 is 4.89. The molecule has 3 N–H and O–H groups in total. The second-order valence-electron chi connectivity index (χ2n) is 2.93. The quantitative estimate of drug-likeness (QED) is 0.701. The molecular weight excluding hydrogens is 198 g/mol. The van der Waals surface area contributed by atoms with E-state index in [4.69, 9.17) is 15.6 Å². The third-order valence-corrected chi connectivity index (χ3v) is 1.96. The fourth-order valence-electron chi connectivity index (χ4n) is 1.20. The number of carboxylic acids is 1. The summed E-state index contributed by atoms with van der Waals surface area (Å²) in [5, 5.41) is 8.90. The Bertz CT molecular complexity index is 390. The van der Waals surface area contributed by atoms with Crippen LogP contribution < -0.4 is 5.73 Å². The van der Waals surface area contributed by atoms with Crippen molar-refractivity contribution < 1.29 is 19.4 Å². The molecule has 0 saturated carbocycles. The summed E-state index contributed by atoms with van der Waals surface area (Å²) in [6.45, 7) is 0. The van der Waals surface area contributed by atoms with E-state index in [1.54, 1.807) is 6.08 Å². The van der Waals surface area contributed by atoms with Gasteiger partial charge in [-0.15, -0.1) is 0 Å². The molecule has 0 spiro atoms. The molecule has 0 bridgehead atoms. The summed E-state index contributed by atoms with van der Waals surface area (Å²) in [4.78, 5) is 21.8. The number of amides is 1. The van der Waals surface area contributed by atoms with Crippen LogP contribution in [0.2, 0.25) is 0 Å². The average molecular weight is 209 g/mol. The Morgan fingerprint density at radius 3 is 2.67 bits per heavy atom. The van der Waals surface area contributed by atoms with Gasteiger partial charge < -0.3 is 15.6 Å². The lowest BCUT2D eigenvalue weighted by molar-refractivity contribution is -0.132. The number of carbonyl (C=O) groups excluding carboxylic acids is 1. The van der Waals surface area contributed by atoms with E-state index in [0.717, 1.165) is 0 Å². The molecule has 0 aromatic heterocycles. The third kappa shape index (κ3) is 2.46. The molecule has 0 aliphatic heterocycles. The van der Waals surface area contributed by atoms with Crippen molar-refractivity contribution >= 4 is 11.9 Å². The van der Waals surface area contributed by atoms with Crippen LogP contribution in [0.5, 0.6) is 0 Å². The van der Waals surface area contributed by atoms with Crippen molar-refractivity contribution in [2.75, 3.05) is 7.11 Å². The average Bonchev–Trinajstić information content (AvgIpc) is 2.38. The SMILES string of the molecule is COC1=C(C(=O)O)C=C(C(N)=O)CC=C1. The van der Waals surface area contributed by atoms with E-state index in [2.05, 4.69) is 0 Å². The zero-order valence-electron chi connectivity index (χ0n) is 8.19. The maximum Gasteiger partial charge on any atom is 0.339 e. The number of allylic oxidation sites excluding steroid dienone is 2. The fraction of sp³-hybridized carbons (Fsp3) is 0.200. The normalized spacial score (nSPS) is 15.7. The highest BCUT2D eigenvalue weighted by atomic mass is 16.5. The Morgan fingerprint density at radius 1 is 1.53 bits per heavy atom. The van der Waals surface area contributed by atoms with Gasteiger partial charge in [-0.3, -0.25) is 4.79 Å². The van der Waals surface area contributed by atoms with Crippen LogP contribution in [0, 0.1) is 0 Å². The number of ether oxygens (including phenoxy) is 1. The van der Waals surface area contributed by atoms with Crippen molar-refractivity contribution in [3.05, 3.63) is 35.1 Å². The Hall–Kier alpha value is -2.04. The van der Waals surface area contributed by atoms with Crippen LogP contribution in [-0.2, 0) is 14.3 Å². The van der Waals surface area contributed by atoms with Crippen LogP contribution in [0.4, 0.5) is 0 Å². The molecule has 0 radical (unpaired) electrons. The van der Waals surface area contributed by atoms with E-state index in [1.165, 1.54) is 19.3 Å². The van der Waals surface area contributed by atoms with Crippen molar-refractivity contribution in [3.63, 3.8) is 0 Å². The van der Waals surface area contributed by atoms with Gasteiger partial charge in [0.05, 0.1) is 7.11 Å². The Kier molecular flexibility index (Phi) is 3.28. The van der Waals surface area contributed by atoms with Gasteiger partial charge in [0.1, 0.15) is 11.3 Å². The van der Waals surface area contributed by atoms with E-state index in [0.29, 0.717) is 6.42 Å². The summed E-state index contributed by atoms with van der Waals surface area (Å²) in [5.41, 5.74) is 5.27. The van der Waals surface area contributed by atoms with Crippen molar-refractivity contribution in [3.8, 4) is 0 Å². The molecule has 0 saturated heterocycles. The Balaban J connectivity index is 3.24. The summed E-state index contributed by atoms with van der Waals surface area (Å²) >= 11 is 0. The van der Waals surface area contributed by atoms with Gasteiger partial charge >= 0.3 is 5.97 Å². The highest BCUT2D eigenvalue weighted by molar-refractivity contribution is 5.98. The minimum Gasteiger partial charge on any atom is -0.496 e. The zero-order chi connectivity index (χ0) is 11.4. The number of nitrogens with two attached hydrogens (primary N) is 1. The number of hydrogen-bond donors (Lipinski definition) is 2. The highest BCUT2D eigenvalue weighted by Gasteiger charge is 2.16. The van der Waals surface area contributed by atoms with Crippen LogP contribution in [0.1, 0.15) is 6.42 Å². The minimum atomic E-state index is -1.16. The lowest BCUT2D eigenvalue weighted by Crippen LogP contribution is -2.14. The molecule has 15 heavy (non-hydrogen) atoms. The number of rotatable bonds is 3. The molecule has 1 aliphatic rings. The summed E-state index contributed by atoms with van der Waals surface area (Å²) in [6, 6.07) is 0. The number of carboxylic acid groups (broad SMARTS) is 1. The van der Waals surface area contributed by atoms with E-state index in [1.807, 2.05) is 0 Å². The van der Waals surface area contributed by atoms with Gasteiger partial charge in [-0.1, -0.05) is 6.08 Å². The molecule has 1 aliphatic carbocycles. The van der Waals surface area contributed by atoms with Crippen molar-refractivity contribution in [1.29, 1.82) is 0 Å². The van der Waals surface area contributed by atoms with Gasteiger partial charge in [0.15, 0.2) is 0 Å². The molecule has 1 amide bonds. The number of carbonyl (C=O) groups is 2. The van der Waals surface area contributed by atoms with E-state index < -0.39 is 11.9 Å². The van der Waals surface area contributed by atoms with Gasteiger partial charge in [0, 0.05) is 5.57 Å².